The van der Waals surface area contributed by atoms with Crippen LogP contribution >= 0.6 is 38.9 Å². The molecule has 3 aromatic rings. The van der Waals surface area contributed by atoms with Gasteiger partial charge in [-0.05, 0) is 60.5 Å². The van der Waals surface area contributed by atoms with Crippen molar-refractivity contribution in [3.05, 3.63) is 93.5 Å². The molecular formula is C25H22BrClN2O4S. The molecule has 34 heavy (non-hydrogen) atoms. The summed E-state index contributed by atoms with van der Waals surface area (Å²) >= 11 is 10.9. The van der Waals surface area contributed by atoms with Crippen molar-refractivity contribution in [2.45, 2.75) is 26.8 Å². The number of aryl methyl sites for hydroxylation is 1. The summed E-state index contributed by atoms with van der Waals surface area (Å²) in [5.74, 6) is 0.0813. The molecule has 0 aliphatic carbocycles. The highest BCUT2D eigenvalue weighted by atomic mass is 79.9. The SMILES string of the molecule is CCOC(=O)C1=C(C)N=c2s/c(=C\c3cc(Cl)cc(Br)c3OC)c(=O)n2[C@H]1c1ccc(C)cc1. The first kappa shape index (κ1) is 24.4. The molecule has 6 nitrogen and oxygen atoms in total. The van der Waals surface area contributed by atoms with Crippen LogP contribution in [0.2, 0.25) is 5.02 Å². The lowest BCUT2D eigenvalue weighted by molar-refractivity contribution is -0.139. The van der Waals surface area contributed by atoms with E-state index in [-0.39, 0.29) is 12.2 Å². The first-order valence-corrected chi connectivity index (χ1v) is 12.5. The van der Waals surface area contributed by atoms with E-state index in [0.717, 1.165) is 11.1 Å². The van der Waals surface area contributed by atoms with Crippen molar-refractivity contribution in [1.29, 1.82) is 0 Å². The molecule has 0 radical (unpaired) electrons. The van der Waals surface area contributed by atoms with E-state index in [0.29, 0.717) is 41.4 Å². The van der Waals surface area contributed by atoms with Gasteiger partial charge < -0.3 is 9.47 Å². The maximum Gasteiger partial charge on any atom is 0.338 e. The van der Waals surface area contributed by atoms with E-state index in [2.05, 4.69) is 20.9 Å². The van der Waals surface area contributed by atoms with Crippen molar-refractivity contribution >= 4 is 50.9 Å². The number of hydrogen-bond acceptors (Lipinski definition) is 6. The highest BCUT2D eigenvalue weighted by Crippen LogP contribution is 2.33. The summed E-state index contributed by atoms with van der Waals surface area (Å²) in [5.41, 5.74) is 3.15. The Bertz CT molecular complexity index is 1490. The lowest BCUT2D eigenvalue weighted by Gasteiger charge is -2.24. The van der Waals surface area contributed by atoms with Gasteiger partial charge in [0.1, 0.15) is 5.75 Å². The topological polar surface area (TPSA) is 69.9 Å². The molecule has 0 bridgehead atoms. The van der Waals surface area contributed by atoms with E-state index >= 15 is 0 Å². The van der Waals surface area contributed by atoms with E-state index in [4.69, 9.17) is 21.1 Å². The molecule has 0 spiro atoms. The average molecular weight is 562 g/mol. The van der Waals surface area contributed by atoms with Crippen LogP contribution in [0.4, 0.5) is 0 Å². The van der Waals surface area contributed by atoms with Crippen LogP contribution in [0, 0.1) is 6.92 Å². The minimum Gasteiger partial charge on any atom is -0.495 e. The number of fused-ring (bicyclic) bond motifs is 1. The Hall–Kier alpha value is -2.68. The second kappa shape index (κ2) is 9.90. The number of methoxy groups -OCH3 is 1. The summed E-state index contributed by atoms with van der Waals surface area (Å²) in [6, 6.07) is 10.6. The number of nitrogens with zero attached hydrogens (tertiary/aromatic N) is 2. The van der Waals surface area contributed by atoms with Gasteiger partial charge in [-0.3, -0.25) is 9.36 Å². The van der Waals surface area contributed by atoms with E-state index in [1.54, 1.807) is 43.7 Å². The van der Waals surface area contributed by atoms with E-state index in [1.807, 2.05) is 31.2 Å². The molecule has 0 fully saturated rings. The molecule has 4 rings (SSSR count). The lowest BCUT2D eigenvalue weighted by Crippen LogP contribution is -2.39. The Morgan fingerprint density at radius 2 is 1.97 bits per heavy atom. The van der Waals surface area contributed by atoms with Crippen LogP contribution in [0.25, 0.3) is 6.08 Å². The van der Waals surface area contributed by atoms with Crippen molar-refractivity contribution in [2.24, 2.45) is 4.99 Å². The van der Waals surface area contributed by atoms with Crippen molar-refractivity contribution < 1.29 is 14.3 Å². The molecule has 9 heteroatoms. The van der Waals surface area contributed by atoms with Gasteiger partial charge in [-0.25, -0.2) is 9.79 Å². The minimum atomic E-state index is -0.647. The zero-order valence-electron chi connectivity index (χ0n) is 19.0. The van der Waals surface area contributed by atoms with E-state index < -0.39 is 12.0 Å². The van der Waals surface area contributed by atoms with Crippen LogP contribution < -0.4 is 19.6 Å². The number of thiazole rings is 1. The molecule has 1 aromatic heterocycles. The van der Waals surface area contributed by atoms with Gasteiger partial charge in [0, 0.05) is 10.6 Å². The van der Waals surface area contributed by atoms with Crippen molar-refractivity contribution in [3.63, 3.8) is 0 Å². The van der Waals surface area contributed by atoms with Crippen molar-refractivity contribution in [2.75, 3.05) is 13.7 Å². The lowest BCUT2D eigenvalue weighted by atomic mass is 9.95. The fourth-order valence-electron chi connectivity index (χ4n) is 3.90. The number of carbonyl (C=O) groups excluding carboxylic acids is 1. The maximum atomic E-state index is 13.7. The fraction of sp³-hybridized carbons (Fsp3) is 0.240. The van der Waals surface area contributed by atoms with Crippen molar-refractivity contribution in [1.82, 2.24) is 4.57 Å². The van der Waals surface area contributed by atoms with Crippen LogP contribution in [0.5, 0.6) is 5.75 Å². The van der Waals surface area contributed by atoms with Crippen LogP contribution in [0.15, 0.2) is 61.9 Å². The normalized spacial score (nSPS) is 15.7. The zero-order chi connectivity index (χ0) is 24.6. The number of halogens is 2. The number of aromatic nitrogens is 1. The number of esters is 1. The van der Waals surface area contributed by atoms with Gasteiger partial charge in [0.2, 0.25) is 0 Å². The third-order valence-corrected chi connectivity index (χ3v) is 7.23. The Morgan fingerprint density at radius 3 is 2.62 bits per heavy atom. The van der Waals surface area contributed by atoms with Crippen LogP contribution in [0.3, 0.4) is 0 Å². The van der Waals surface area contributed by atoms with Crippen molar-refractivity contribution in [3.8, 4) is 5.75 Å². The van der Waals surface area contributed by atoms with Gasteiger partial charge >= 0.3 is 5.97 Å². The number of allylic oxidation sites excluding steroid dienone is 1. The van der Waals surface area contributed by atoms with Crippen LogP contribution in [-0.2, 0) is 9.53 Å². The minimum absolute atomic E-state index is 0.226. The summed E-state index contributed by atoms with van der Waals surface area (Å²) in [7, 11) is 1.55. The first-order valence-electron chi connectivity index (χ1n) is 10.5. The maximum absolute atomic E-state index is 13.7. The Labute approximate surface area is 213 Å². The van der Waals surface area contributed by atoms with Gasteiger partial charge in [0.25, 0.3) is 5.56 Å². The first-order chi connectivity index (χ1) is 16.2. The van der Waals surface area contributed by atoms with Gasteiger partial charge in [-0.2, -0.15) is 0 Å². The van der Waals surface area contributed by atoms with Crippen LogP contribution in [-0.4, -0.2) is 24.3 Å². The summed E-state index contributed by atoms with van der Waals surface area (Å²) in [5, 5.41) is 0.504. The smallest absolute Gasteiger partial charge is 0.338 e. The quantitative estimate of drug-likeness (QED) is 0.429. The molecule has 0 amide bonds. The molecule has 0 saturated heterocycles. The molecule has 0 saturated carbocycles. The molecule has 2 aromatic carbocycles. The number of ether oxygens (including phenoxy) is 2. The highest BCUT2D eigenvalue weighted by Gasteiger charge is 2.33. The molecular weight excluding hydrogens is 540 g/mol. The highest BCUT2D eigenvalue weighted by molar-refractivity contribution is 9.10. The molecule has 2 heterocycles. The molecule has 1 atom stereocenters. The van der Waals surface area contributed by atoms with E-state index in [9.17, 15) is 9.59 Å². The number of benzene rings is 2. The number of hydrogen-bond donors (Lipinski definition) is 0. The standard InChI is InChI=1S/C25H22BrClN2O4S/c1-5-33-24(31)20-14(3)28-25-29(21(20)15-8-6-13(2)7-9-15)23(30)19(34-25)11-16-10-17(27)12-18(26)22(16)32-4/h6-12,21H,5H2,1-4H3/b19-11-/t21-/m0/s1. The summed E-state index contributed by atoms with van der Waals surface area (Å²) in [6.07, 6.45) is 1.73. The predicted octanol–water partition coefficient (Wildman–Crippen LogP) is 4.53. The molecule has 1 aliphatic rings. The predicted molar refractivity (Wildman–Crippen MR) is 137 cm³/mol. The van der Waals surface area contributed by atoms with Gasteiger partial charge in [0.05, 0.1) is 40.0 Å². The third-order valence-electron chi connectivity index (χ3n) is 5.44. The molecule has 176 valence electrons. The summed E-state index contributed by atoms with van der Waals surface area (Å²) < 4.78 is 13.5. The molecule has 1 aliphatic heterocycles. The second-order valence-corrected chi connectivity index (χ2v) is 10.0. The van der Waals surface area contributed by atoms with Gasteiger partial charge in [0.15, 0.2) is 4.80 Å². The number of carbonyl (C=O) groups is 1. The Balaban J connectivity index is 1.99. The third kappa shape index (κ3) is 4.50. The molecule has 0 N–H and O–H groups in total. The second-order valence-electron chi connectivity index (χ2n) is 7.72. The van der Waals surface area contributed by atoms with E-state index in [1.165, 1.54) is 11.3 Å². The monoisotopic (exact) mass is 560 g/mol. The number of rotatable bonds is 5. The van der Waals surface area contributed by atoms with Crippen LogP contribution in [0.1, 0.15) is 36.6 Å². The van der Waals surface area contributed by atoms with Gasteiger partial charge in [-0.1, -0.05) is 52.8 Å². The zero-order valence-corrected chi connectivity index (χ0v) is 22.2. The van der Waals surface area contributed by atoms with Gasteiger partial charge in [-0.15, -0.1) is 0 Å². The summed E-state index contributed by atoms with van der Waals surface area (Å²) in [6.45, 7) is 5.73. The Morgan fingerprint density at radius 1 is 1.26 bits per heavy atom. The average Bonchev–Trinajstić information content (AvgIpc) is 3.08. The fourth-order valence-corrected chi connectivity index (χ4v) is 5.93. The Kier molecular flexibility index (Phi) is 7.12. The molecule has 0 unspecified atom stereocenters. The summed E-state index contributed by atoms with van der Waals surface area (Å²) in [4.78, 5) is 31.7. The largest absolute Gasteiger partial charge is 0.495 e.